The van der Waals surface area contributed by atoms with E-state index in [2.05, 4.69) is 12.6 Å². The Morgan fingerprint density at radius 1 is 1.75 bits per heavy atom. The van der Waals surface area contributed by atoms with Crippen molar-refractivity contribution in [3.8, 4) is 6.07 Å². The number of thiol groups is 1. The third-order valence-corrected chi connectivity index (χ3v) is 1.37. The minimum Gasteiger partial charge on any atom is -0.286 e. The number of nitrogens with zero attached hydrogens (tertiary/aromatic N) is 1. The van der Waals surface area contributed by atoms with Crippen LogP contribution < -0.4 is 0 Å². The van der Waals surface area contributed by atoms with E-state index in [1.807, 2.05) is 6.07 Å². The lowest BCUT2D eigenvalue weighted by molar-refractivity contribution is -0.115. The number of rotatable bonds is 1. The summed E-state index contributed by atoms with van der Waals surface area (Å²) in [5.41, 5.74) is -0.927. The fourth-order valence-electron chi connectivity index (χ4n) is 0.0478. The molecule has 0 aromatic rings. The van der Waals surface area contributed by atoms with E-state index in [1.165, 1.54) is 13.8 Å². The van der Waals surface area contributed by atoms with Crippen LogP contribution in [0.4, 0.5) is 0 Å². The molecule has 0 rings (SSSR count). The smallest absolute Gasteiger partial charge is 0.205 e. The van der Waals surface area contributed by atoms with Gasteiger partial charge < -0.3 is 0 Å². The predicted molar refractivity (Wildman–Crippen MR) is 33.4 cm³/mol. The molecule has 0 aliphatic carbocycles. The number of carbonyl (C=O) groups is 1. The van der Waals surface area contributed by atoms with Crippen molar-refractivity contribution in [1.29, 1.82) is 5.26 Å². The van der Waals surface area contributed by atoms with E-state index in [0.717, 1.165) is 0 Å². The van der Waals surface area contributed by atoms with Crippen LogP contribution >= 0.6 is 12.6 Å². The van der Waals surface area contributed by atoms with Crippen LogP contribution in [-0.4, -0.2) is 5.12 Å². The fraction of sp³-hybridized carbons (Fsp3) is 0.600. The van der Waals surface area contributed by atoms with Crippen molar-refractivity contribution in [2.24, 2.45) is 5.41 Å². The number of hydrogen-bond acceptors (Lipinski definition) is 2. The van der Waals surface area contributed by atoms with E-state index >= 15 is 0 Å². The van der Waals surface area contributed by atoms with E-state index < -0.39 is 5.41 Å². The highest BCUT2D eigenvalue weighted by atomic mass is 32.1. The lowest BCUT2D eigenvalue weighted by Crippen LogP contribution is -2.15. The van der Waals surface area contributed by atoms with E-state index in [-0.39, 0.29) is 5.12 Å². The van der Waals surface area contributed by atoms with E-state index in [0.29, 0.717) is 0 Å². The maximum atomic E-state index is 10.3. The molecule has 0 saturated heterocycles. The molecule has 0 spiro atoms. The van der Waals surface area contributed by atoms with Crippen LogP contribution in [0, 0.1) is 16.7 Å². The largest absolute Gasteiger partial charge is 0.286 e. The fourth-order valence-corrected chi connectivity index (χ4v) is 0.0978. The second-order valence-electron chi connectivity index (χ2n) is 2.04. The first-order chi connectivity index (χ1) is 3.50. The van der Waals surface area contributed by atoms with Crippen LogP contribution in [0.25, 0.3) is 0 Å². The zero-order valence-corrected chi connectivity index (χ0v) is 5.70. The minimum atomic E-state index is -0.927. The van der Waals surface area contributed by atoms with Gasteiger partial charge in [-0.1, -0.05) is 0 Å². The van der Waals surface area contributed by atoms with Crippen LogP contribution in [0.3, 0.4) is 0 Å². The quantitative estimate of drug-likeness (QED) is 0.536. The second-order valence-corrected chi connectivity index (χ2v) is 2.45. The Balaban J connectivity index is 4.19. The van der Waals surface area contributed by atoms with E-state index in [1.54, 1.807) is 0 Å². The average Bonchev–Trinajstić information content (AvgIpc) is 1.67. The molecular formula is C5H7NOS. The van der Waals surface area contributed by atoms with Gasteiger partial charge in [0.15, 0.2) is 0 Å². The Kier molecular flexibility index (Phi) is 2.05. The van der Waals surface area contributed by atoms with Crippen LogP contribution in [0.1, 0.15) is 13.8 Å². The van der Waals surface area contributed by atoms with Crippen LogP contribution in [-0.2, 0) is 4.79 Å². The molecule has 0 saturated carbocycles. The highest BCUT2D eigenvalue weighted by molar-refractivity contribution is 7.96. The summed E-state index contributed by atoms with van der Waals surface area (Å²) in [5.74, 6) is 0. The molecule has 0 amide bonds. The van der Waals surface area contributed by atoms with Gasteiger partial charge in [-0.25, -0.2) is 0 Å². The summed E-state index contributed by atoms with van der Waals surface area (Å²) in [6.07, 6.45) is 0. The second kappa shape index (κ2) is 2.19. The Bertz CT molecular complexity index is 145. The number of nitriles is 1. The molecule has 3 heteroatoms. The third-order valence-electron chi connectivity index (χ3n) is 0.814. The highest BCUT2D eigenvalue weighted by Gasteiger charge is 2.23. The third kappa shape index (κ3) is 1.55. The SMILES string of the molecule is CC(C)(C#N)C(=O)S. The maximum absolute atomic E-state index is 10.3. The topological polar surface area (TPSA) is 40.9 Å². The van der Waals surface area contributed by atoms with Crippen molar-refractivity contribution in [3.63, 3.8) is 0 Å². The van der Waals surface area contributed by atoms with Crippen molar-refractivity contribution in [2.75, 3.05) is 0 Å². The lowest BCUT2D eigenvalue weighted by Gasteiger charge is -2.06. The molecule has 0 aromatic heterocycles. The van der Waals surface area contributed by atoms with Gasteiger partial charge in [0.1, 0.15) is 5.41 Å². The maximum Gasteiger partial charge on any atom is 0.205 e. The first kappa shape index (κ1) is 7.51. The molecule has 0 fully saturated rings. The van der Waals surface area contributed by atoms with Crippen molar-refractivity contribution >= 4 is 17.7 Å². The summed E-state index contributed by atoms with van der Waals surface area (Å²) >= 11 is 3.50. The van der Waals surface area contributed by atoms with Crippen molar-refractivity contribution in [2.45, 2.75) is 13.8 Å². The zero-order valence-electron chi connectivity index (χ0n) is 4.80. The molecule has 8 heavy (non-hydrogen) atoms. The van der Waals surface area contributed by atoms with Gasteiger partial charge in [0.2, 0.25) is 5.12 Å². The predicted octanol–water partition coefficient (Wildman–Crippen LogP) is 0.993. The summed E-state index contributed by atoms with van der Waals surface area (Å²) in [7, 11) is 0. The van der Waals surface area contributed by atoms with Gasteiger partial charge in [0.25, 0.3) is 0 Å². The van der Waals surface area contributed by atoms with Gasteiger partial charge in [-0.05, 0) is 13.8 Å². The molecular weight excluding hydrogens is 122 g/mol. The van der Waals surface area contributed by atoms with Crippen LogP contribution in [0.2, 0.25) is 0 Å². The summed E-state index contributed by atoms with van der Waals surface area (Å²) in [6, 6.07) is 1.81. The summed E-state index contributed by atoms with van der Waals surface area (Å²) in [5, 5.41) is 7.86. The zero-order chi connectivity index (χ0) is 6.78. The Morgan fingerprint density at radius 3 is 2.12 bits per heavy atom. The minimum absolute atomic E-state index is 0.389. The molecule has 0 atom stereocenters. The van der Waals surface area contributed by atoms with Gasteiger partial charge in [0, 0.05) is 0 Å². The highest BCUT2D eigenvalue weighted by Crippen LogP contribution is 2.15. The van der Waals surface area contributed by atoms with Crippen LogP contribution in [0.5, 0.6) is 0 Å². The monoisotopic (exact) mass is 129 g/mol. The van der Waals surface area contributed by atoms with E-state index in [4.69, 9.17) is 5.26 Å². The summed E-state index contributed by atoms with van der Waals surface area (Å²) in [6.45, 7) is 3.06. The Hall–Kier alpha value is -0.490. The number of carbonyl (C=O) groups excluding carboxylic acids is 1. The molecule has 2 nitrogen and oxygen atoms in total. The Morgan fingerprint density at radius 2 is 2.12 bits per heavy atom. The molecule has 0 bridgehead atoms. The van der Waals surface area contributed by atoms with Gasteiger partial charge in [-0.3, -0.25) is 4.79 Å². The molecule has 0 N–H and O–H groups in total. The molecule has 0 radical (unpaired) electrons. The normalized spacial score (nSPS) is 10.2. The molecule has 44 valence electrons. The lowest BCUT2D eigenvalue weighted by atomic mass is 9.99. The Labute approximate surface area is 53.9 Å². The molecule has 0 heterocycles. The van der Waals surface area contributed by atoms with Gasteiger partial charge >= 0.3 is 0 Å². The van der Waals surface area contributed by atoms with Gasteiger partial charge in [0.05, 0.1) is 6.07 Å². The van der Waals surface area contributed by atoms with Gasteiger partial charge in [-0.2, -0.15) is 5.26 Å². The van der Waals surface area contributed by atoms with Crippen molar-refractivity contribution < 1.29 is 4.79 Å². The van der Waals surface area contributed by atoms with Crippen molar-refractivity contribution in [3.05, 3.63) is 0 Å². The van der Waals surface area contributed by atoms with Crippen LogP contribution in [0.15, 0.2) is 0 Å². The molecule has 0 aromatic carbocycles. The van der Waals surface area contributed by atoms with E-state index in [9.17, 15) is 4.79 Å². The van der Waals surface area contributed by atoms with Gasteiger partial charge in [-0.15, -0.1) is 12.6 Å². The standard InChI is InChI=1S/C5H7NOS/c1-5(2,3-6)4(7)8/h1-2H3,(H,7,8). The average molecular weight is 129 g/mol. The molecule has 0 aliphatic rings. The van der Waals surface area contributed by atoms with Crippen molar-refractivity contribution in [1.82, 2.24) is 0 Å². The molecule has 0 aliphatic heterocycles. The summed E-state index contributed by atoms with van der Waals surface area (Å²) < 4.78 is 0. The number of hydrogen-bond donors (Lipinski definition) is 1. The molecule has 0 unspecified atom stereocenters. The first-order valence-electron chi connectivity index (χ1n) is 2.15. The first-order valence-corrected chi connectivity index (χ1v) is 2.60. The summed E-state index contributed by atoms with van der Waals surface area (Å²) in [4.78, 5) is 10.3.